The third kappa shape index (κ3) is 5.54. The van der Waals surface area contributed by atoms with E-state index in [2.05, 4.69) is 27.5 Å². The van der Waals surface area contributed by atoms with Crippen LogP contribution in [0.4, 0.5) is 0 Å². The van der Waals surface area contributed by atoms with Crippen molar-refractivity contribution in [2.24, 2.45) is 0 Å². The quantitative estimate of drug-likeness (QED) is 0.720. The number of thiophene rings is 1. The zero-order valence-electron chi connectivity index (χ0n) is 9.25. The molecule has 1 aromatic rings. The van der Waals surface area contributed by atoms with Gasteiger partial charge in [0.1, 0.15) is 0 Å². The molecule has 15 heavy (non-hydrogen) atoms. The predicted octanol–water partition coefficient (Wildman–Crippen LogP) is 1.40. The summed E-state index contributed by atoms with van der Waals surface area (Å²) in [7, 11) is 0. The molecule has 0 radical (unpaired) electrons. The van der Waals surface area contributed by atoms with Gasteiger partial charge in [0, 0.05) is 6.04 Å². The summed E-state index contributed by atoms with van der Waals surface area (Å²) >= 11 is 1.71. The first-order valence-electron chi connectivity index (χ1n) is 5.19. The van der Waals surface area contributed by atoms with Crippen LogP contribution >= 0.6 is 11.3 Å². The second-order valence-corrected chi connectivity index (χ2v) is 4.56. The van der Waals surface area contributed by atoms with E-state index in [4.69, 9.17) is 0 Å². The minimum atomic E-state index is 0.0651. The summed E-state index contributed by atoms with van der Waals surface area (Å²) in [6, 6.07) is 2.33. The monoisotopic (exact) mass is 226 g/mol. The number of amides is 1. The van der Waals surface area contributed by atoms with Crippen molar-refractivity contribution in [1.29, 1.82) is 0 Å². The lowest BCUT2D eigenvalue weighted by atomic mass is 10.2. The highest BCUT2D eigenvalue weighted by Gasteiger charge is 2.01. The third-order valence-corrected chi connectivity index (χ3v) is 2.64. The summed E-state index contributed by atoms with van der Waals surface area (Å²) in [6.07, 6.45) is 0.985. The molecular weight excluding hydrogens is 208 g/mol. The lowest BCUT2D eigenvalue weighted by Gasteiger charge is -2.08. The van der Waals surface area contributed by atoms with Gasteiger partial charge in [0.2, 0.25) is 5.91 Å². The third-order valence-electron chi connectivity index (χ3n) is 1.91. The lowest BCUT2D eigenvalue weighted by molar-refractivity contribution is -0.120. The highest BCUT2D eigenvalue weighted by Crippen LogP contribution is 2.05. The van der Waals surface area contributed by atoms with Crippen molar-refractivity contribution in [2.75, 3.05) is 13.1 Å². The van der Waals surface area contributed by atoms with Crippen LogP contribution in [-0.2, 0) is 11.2 Å². The summed E-state index contributed by atoms with van der Waals surface area (Å²) in [5.74, 6) is 0.0651. The Balaban J connectivity index is 2.04. The van der Waals surface area contributed by atoms with Crippen LogP contribution in [0.1, 0.15) is 19.4 Å². The van der Waals surface area contributed by atoms with Gasteiger partial charge in [-0.2, -0.15) is 11.3 Å². The lowest BCUT2D eigenvalue weighted by Crippen LogP contribution is -2.38. The summed E-state index contributed by atoms with van der Waals surface area (Å²) in [5.41, 5.74) is 1.33. The molecule has 0 unspecified atom stereocenters. The Morgan fingerprint density at radius 2 is 2.33 bits per heavy atom. The Hall–Kier alpha value is -0.870. The second kappa shape index (κ2) is 6.58. The van der Waals surface area contributed by atoms with Gasteiger partial charge in [-0.15, -0.1) is 0 Å². The average molecular weight is 226 g/mol. The van der Waals surface area contributed by atoms with Crippen molar-refractivity contribution in [3.8, 4) is 0 Å². The molecular formula is C11H18N2OS. The van der Waals surface area contributed by atoms with Crippen molar-refractivity contribution >= 4 is 17.2 Å². The molecule has 1 heterocycles. The van der Waals surface area contributed by atoms with E-state index in [-0.39, 0.29) is 11.9 Å². The van der Waals surface area contributed by atoms with E-state index in [1.54, 1.807) is 11.3 Å². The first-order chi connectivity index (χ1) is 7.18. The molecule has 1 amide bonds. The minimum Gasteiger partial charge on any atom is -0.353 e. The van der Waals surface area contributed by atoms with Crippen molar-refractivity contribution in [1.82, 2.24) is 10.6 Å². The molecule has 4 heteroatoms. The van der Waals surface area contributed by atoms with Gasteiger partial charge in [0.25, 0.3) is 0 Å². The molecule has 0 aliphatic rings. The van der Waals surface area contributed by atoms with Crippen LogP contribution < -0.4 is 10.6 Å². The predicted molar refractivity (Wildman–Crippen MR) is 64.2 cm³/mol. The van der Waals surface area contributed by atoms with Gasteiger partial charge in [0.15, 0.2) is 0 Å². The summed E-state index contributed by atoms with van der Waals surface area (Å²) < 4.78 is 0. The maximum Gasteiger partial charge on any atom is 0.234 e. The molecule has 2 N–H and O–H groups in total. The van der Waals surface area contributed by atoms with E-state index < -0.39 is 0 Å². The fraction of sp³-hybridized carbons (Fsp3) is 0.545. The first-order valence-corrected chi connectivity index (χ1v) is 6.14. The fourth-order valence-corrected chi connectivity index (χ4v) is 1.95. The Kier molecular flexibility index (Phi) is 5.36. The SMILES string of the molecule is CC(C)NC(=O)CNCCc1ccsc1. The Labute approximate surface area is 94.9 Å². The van der Waals surface area contributed by atoms with E-state index in [0.29, 0.717) is 6.54 Å². The van der Waals surface area contributed by atoms with Gasteiger partial charge in [-0.05, 0) is 49.2 Å². The minimum absolute atomic E-state index is 0.0651. The topological polar surface area (TPSA) is 41.1 Å². The first kappa shape index (κ1) is 12.2. The maximum atomic E-state index is 11.2. The molecule has 1 aromatic heterocycles. The molecule has 0 aliphatic heterocycles. The van der Waals surface area contributed by atoms with Crippen molar-refractivity contribution in [3.05, 3.63) is 22.4 Å². The largest absolute Gasteiger partial charge is 0.353 e. The second-order valence-electron chi connectivity index (χ2n) is 3.78. The van der Waals surface area contributed by atoms with Crippen molar-refractivity contribution in [2.45, 2.75) is 26.3 Å². The van der Waals surface area contributed by atoms with Gasteiger partial charge in [-0.3, -0.25) is 4.79 Å². The Morgan fingerprint density at radius 3 is 2.93 bits per heavy atom. The Bertz CT molecular complexity index is 283. The van der Waals surface area contributed by atoms with Crippen LogP contribution in [0.2, 0.25) is 0 Å². The number of rotatable bonds is 6. The van der Waals surface area contributed by atoms with Crippen LogP contribution in [-0.4, -0.2) is 25.0 Å². The molecule has 0 saturated heterocycles. The molecule has 1 rings (SSSR count). The molecule has 0 atom stereocenters. The summed E-state index contributed by atoms with van der Waals surface area (Å²) in [4.78, 5) is 11.2. The van der Waals surface area contributed by atoms with Crippen LogP contribution in [0.3, 0.4) is 0 Å². The molecule has 0 aliphatic carbocycles. The van der Waals surface area contributed by atoms with E-state index >= 15 is 0 Å². The number of nitrogens with one attached hydrogen (secondary N) is 2. The molecule has 0 bridgehead atoms. The molecule has 84 valence electrons. The maximum absolute atomic E-state index is 11.2. The molecule has 0 fully saturated rings. The molecule has 0 spiro atoms. The van der Waals surface area contributed by atoms with Crippen LogP contribution in [0.15, 0.2) is 16.8 Å². The molecule has 0 saturated carbocycles. The van der Waals surface area contributed by atoms with Gasteiger partial charge in [0.05, 0.1) is 6.54 Å². The number of carbonyl (C=O) groups excluding carboxylic acids is 1. The van der Waals surface area contributed by atoms with Gasteiger partial charge in [-0.25, -0.2) is 0 Å². The average Bonchev–Trinajstić information content (AvgIpc) is 2.63. The van der Waals surface area contributed by atoms with Crippen molar-refractivity contribution < 1.29 is 4.79 Å². The van der Waals surface area contributed by atoms with Crippen LogP contribution in [0, 0.1) is 0 Å². The van der Waals surface area contributed by atoms with Gasteiger partial charge >= 0.3 is 0 Å². The van der Waals surface area contributed by atoms with Crippen molar-refractivity contribution in [3.63, 3.8) is 0 Å². The number of hydrogen-bond donors (Lipinski definition) is 2. The number of carbonyl (C=O) groups is 1. The van der Waals surface area contributed by atoms with Crippen LogP contribution in [0.5, 0.6) is 0 Å². The number of hydrogen-bond acceptors (Lipinski definition) is 3. The van der Waals surface area contributed by atoms with Crippen LogP contribution in [0.25, 0.3) is 0 Å². The summed E-state index contributed by atoms with van der Waals surface area (Å²) in [6.45, 7) is 5.18. The van der Waals surface area contributed by atoms with E-state index in [1.807, 2.05) is 13.8 Å². The standard InChI is InChI=1S/C11H18N2OS/c1-9(2)13-11(14)7-12-5-3-10-4-6-15-8-10/h4,6,8-9,12H,3,5,7H2,1-2H3,(H,13,14). The molecule has 3 nitrogen and oxygen atoms in total. The van der Waals surface area contributed by atoms with E-state index in [1.165, 1.54) is 5.56 Å². The zero-order chi connectivity index (χ0) is 11.1. The normalized spacial score (nSPS) is 10.6. The van der Waals surface area contributed by atoms with E-state index in [0.717, 1.165) is 13.0 Å². The Morgan fingerprint density at radius 1 is 1.53 bits per heavy atom. The van der Waals surface area contributed by atoms with Gasteiger partial charge < -0.3 is 10.6 Å². The molecule has 0 aromatic carbocycles. The zero-order valence-corrected chi connectivity index (χ0v) is 10.1. The smallest absolute Gasteiger partial charge is 0.234 e. The fourth-order valence-electron chi connectivity index (χ4n) is 1.24. The highest BCUT2D eigenvalue weighted by atomic mass is 32.1. The van der Waals surface area contributed by atoms with E-state index in [9.17, 15) is 4.79 Å². The summed E-state index contributed by atoms with van der Waals surface area (Å²) in [5, 5.41) is 10.2. The van der Waals surface area contributed by atoms with Gasteiger partial charge in [-0.1, -0.05) is 0 Å². The highest BCUT2D eigenvalue weighted by molar-refractivity contribution is 7.07.